The zero-order chi connectivity index (χ0) is 25.0. The molecule has 4 atom stereocenters. The summed E-state index contributed by atoms with van der Waals surface area (Å²) in [7, 11) is 1.65. The predicted octanol–water partition coefficient (Wildman–Crippen LogP) is 2.78. The fraction of sp³-hybridized carbons (Fsp3) is 0.435. The Morgan fingerprint density at radius 1 is 1.26 bits per heavy atom. The maximum atomic E-state index is 15.2. The Bertz CT molecular complexity index is 1360. The molecule has 4 heterocycles. The molecule has 2 aromatic heterocycles. The molecule has 2 aliphatic rings. The first kappa shape index (κ1) is 22.9. The first-order valence-electron chi connectivity index (χ1n) is 11.3. The van der Waals surface area contributed by atoms with Gasteiger partial charge in [0.25, 0.3) is 5.56 Å². The quantitative estimate of drug-likeness (QED) is 0.577. The van der Waals surface area contributed by atoms with Crippen LogP contribution in [0.2, 0.25) is 0 Å². The number of phenols is 1. The fourth-order valence-corrected chi connectivity index (χ4v) is 5.31. The molecule has 184 valence electrons. The lowest BCUT2D eigenvalue weighted by atomic mass is 9.94. The second-order valence-electron chi connectivity index (χ2n) is 8.97. The normalized spacial score (nSPS) is 23.6. The summed E-state index contributed by atoms with van der Waals surface area (Å²) < 4.78 is 31.1. The molecule has 2 saturated heterocycles. The van der Waals surface area contributed by atoms with Gasteiger partial charge in [0.2, 0.25) is 0 Å². The minimum Gasteiger partial charge on any atom is -0.507 e. The number of piperidine rings is 1. The van der Waals surface area contributed by atoms with Crippen molar-refractivity contribution < 1.29 is 23.8 Å². The molecule has 3 aromatic rings. The van der Waals surface area contributed by atoms with Gasteiger partial charge in [-0.05, 0) is 38.3 Å². The van der Waals surface area contributed by atoms with Crippen LogP contribution in [0, 0.1) is 5.82 Å². The number of hydrogen-bond donors (Lipinski definition) is 2. The van der Waals surface area contributed by atoms with Crippen molar-refractivity contribution in [3.63, 3.8) is 0 Å². The lowest BCUT2D eigenvalue weighted by Gasteiger charge is -2.43. The number of benzene rings is 1. The van der Waals surface area contributed by atoms with Gasteiger partial charge in [0, 0.05) is 31.2 Å². The third-order valence-electron chi connectivity index (χ3n) is 7.16. The number of carboxylic acid groups (broad SMARTS) is 1. The highest BCUT2D eigenvalue weighted by Gasteiger charge is 2.51. The summed E-state index contributed by atoms with van der Waals surface area (Å²) in [5.74, 6) is -0.629. The zero-order valence-corrected chi connectivity index (χ0v) is 19.1. The number of alkyl halides is 1. The summed E-state index contributed by atoms with van der Waals surface area (Å²) in [6, 6.07) is 0.956. The highest BCUT2D eigenvalue weighted by molar-refractivity contribution is 5.89. The SMILES string of the molecule is CCn1cc(F)c2cc(-c3ncc(N(C)[C@H]4C[C@@H]5CCC([C@H]4F)N5C(=O)O)nn3)c(O)cc2c1=O. The van der Waals surface area contributed by atoms with E-state index in [1.54, 1.807) is 18.9 Å². The minimum absolute atomic E-state index is 0.0122. The maximum absolute atomic E-state index is 15.2. The Morgan fingerprint density at radius 2 is 2.03 bits per heavy atom. The summed E-state index contributed by atoms with van der Waals surface area (Å²) in [6.45, 7) is 2.00. The van der Waals surface area contributed by atoms with E-state index < -0.39 is 35.7 Å². The molecule has 12 heteroatoms. The van der Waals surface area contributed by atoms with Crippen LogP contribution in [0.5, 0.6) is 5.75 Å². The van der Waals surface area contributed by atoms with Crippen LogP contribution >= 0.6 is 0 Å². The van der Waals surface area contributed by atoms with Gasteiger partial charge in [-0.2, -0.15) is 0 Å². The molecule has 2 N–H and O–H groups in total. The van der Waals surface area contributed by atoms with Crippen LogP contribution in [0.15, 0.2) is 29.3 Å². The molecule has 2 aliphatic heterocycles. The number of aromatic nitrogens is 4. The highest BCUT2D eigenvalue weighted by Crippen LogP contribution is 2.40. The Hall–Kier alpha value is -3.83. The molecular weight excluding hydrogens is 462 g/mol. The number of anilines is 1. The van der Waals surface area contributed by atoms with Crippen LogP contribution in [0.4, 0.5) is 19.4 Å². The number of hydrogen-bond acceptors (Lipinski definition) is 7. The largest absolute Gasteiger partial charge is 0.507 e. The lowest BCUT2D eigenvalue weighted by Crippen LogP contribution is -2.58. The van der Waals surface area contributed by atoms with Gasteiger partial charge in [0.15, 0.2) is 11.6 Å². The Labute approximate surface area is 198 Å². The predicted molar refractivity (Wildman–Crippen MR) is 123 cm³/mol. The molecule has 35 heavy (non-hydrogen) atoms. The van der Waals surface area contributed by atoms with E-state index in [1.165, 1.54) is 27.8 Å². The summed E-state index contributed by atoms with van der Waals surface area (Å²) in [5.41, 5.74) is -0.326. The van der Waals surface area contributed by atoms with Crippen LogP contribution in [0.1, 0.15) is 26.2 Å². The summed E-state index contributed by atoms with van der Waals surface area (Å²) in [5, 5.41) is 28.1. The second kappa shape index (κ2) is 8.43. The van der Waals surface area contributed by atoms with E-state index in [2.05, 4.69) is 15.2 Å². The molecule has 0 aliphatic carbocycles. The standard InChI is InChI=1S/C23H24F2N6O4/c1-3-30-10-15(24)12-7-14(18(32)8-13(12)22(30)33)21-26-9-19(27-28-21)29(2)17-6-11-4-5-16(20(17)25)31(11)23(34)35/h7-11,16-17,20,32H,3-6H2,1-2H3,(H,34,35)/t11-,16?,17-,20+/m0/s1. The van der Waals surface area contributed by atoms with Crippen molar-refractivity contribution in [3.8, 4) is 17.1 Å². The fourth-order valence-electron chi connectivity index (χ4n) is 5.31. The van der Waals surface area contributed by atoms with Gasteiger partial charge in [-0.3, -0.25) is 9.69 Å². The number of carbonyl (C=O) groups is 1. The minimum atomic E-state index is -1.39. The maximum Gasteiger partial charge on any atom is 0.407 e. The van der Waals surface area contributed by atoms with Crippen LogP contribution in [-0.4, -0.2) is 72.3 Å². The molecule has 2 bridgehead atoms. The number of pyridine rings is 1. The number of phenolic OH excluding ortho intramolecular Hbond substituents is 1. The van der Waals surface area contributed by atoms with E-state index in [9.17, 15) is 24.2 Å². The van der Waals surface area contributed by atoms with Gasteiger partial charge < -0.3 is 19.7 Å². The molecule has 10 nitrogen and oxygen atoms in total. The van der Waals surface area contributed by atoms with E-state index in [0.717, 1.165) is 6.20 Å². The first-order valence-corrected chi connectivity index (χ1v) is 11.3. The van der Waals surface area contributed by atoms with Gasteiger partial charge in [-0.1, -0.05) is 0 Å². The van der Waals surface area contributed by atoms with E-state index in [1.807, 2.05) is 0 Å². The van der Waals surface area contributed by atoms with Crippen LogP contribution in [-0.2, 0) is 6.54 Å². The summed E-state index contributed by atoms with van der Waals surface area (Å²) >= 11 is 0. The highest BCUT2D eigenvalue weighted by atomic mass is 19.1. The number of halogens is 2. The first-order chi connectivity index (χ1) is 16.7. The molecular formula is C23H24F2N6O4. The van der Waals surface area contributed by atoms with Gasteiger partial charge in [0.05, 0.1) is 29.2 Å². The van der Waals surface area contributed by atoms with Crippen molar-refractivity contribution in [3.05, 3.63) is 40.7 Å². The van der Waals surface area contributed by atoms with Crippen molar-refractivity contribution >= 4 is 22.7 Å². The van der Waals surface area contributed by atoms with E-state index in [0.29, 0.717) is 19.3 Å². The smallest absolute Gasteiger partial charge is 0.407 e. The number of nitrogens with zero attached hydrogens (tertiary/aromatic N) is 6. The van der Waals surface area contributed by atoms with Crippen molar-refractivity contribution in [2.75, 3.05) is 11.9 Å². The van der Waals surface area contributed by atoms with Gasteiger partial charge in [-0.15, -0.1) is 10.2 Å². The van der Waals surface area contributed by atoms with Crippen LogP contribution in [0.3, 0.4) is 0 Å². The third-order valence-corrected chi connectivity index (χ3v) is 7.16. The monoisotopic (exact) mass is 486 g/mol. The molecule has 5 rings (SSSR count). The third kappa shape index (κ3) is 3.63. The Balaban J connectivity index is 1.43. The number of rotatable bonds is 4. The Morgan fingerprint density at radius 3 is 2.69 bits per heavy atom. The number of aryl methyl sites for hydroxylation is 1. The molecule has 1 aromatic carbocycles. The van der Waals surface area contributed by atoms with Crippen molar-refractivity contribution in [2.45, 2.75) is 57.0 Å². The average molecular weight is 486 g/mol. The van der Waals surface area contributed by atoms with E-state index in [4.69, 9.17) is 0 Å². The number of aromatic hydroxyl groups is 1. The molecule has 1 unspecified atom stereocenters. The topological polar surface area (TPSA) is 125 Å². The van der Waals surface area contributed by atoms with Gasteiger partial charge in [-0.25, -0.2) is 18.6 Å². The molecule has 0 radical (unpaired) electrons. The van der Waals surface area contributed by atoms with Gasteiger partial charge >= 0.3 is 6.09 Å². The Kier molecular flexibility index (Phi) is 5.53. The van der Waals surface area contributed by atoms with Crippen molar-refractivity contribution in [2.24, 2.45) is 0 Å². The summed E-state index contributed by atoms with van der Waals surface area (Å²) in [4.78, 5) is 31.1. The zero-order valence-electron chi connectivity index (χ0n) is 19.1. The molecule has 1 amide bonds. The number of fused-ring (bicyclic) bond motifs is 3. The number of amides is 1. The van der Waals surface area contributed by atoms with E-state index >= 15 is 4.39 Å². The van der Waals surface area contributed by atoms with E-state index in [-0.39, 0.29) is 46.3 Å². The molecule has 2 fully saturated rings. The molecule has 0 saturated carbocycles. The second-order valence-corrected chi connectivity index (χ2v) is 8.97. The average Bonchev–Trinajstić information content (AvgIpc) is 3.20. The van der Waals surface area contributed by atoms with Crippen molar-refractivity contribution in [1.82, 2.24) is 24.6 Å². The summed E-state index contributed by atoms with van der Waals surface area (Å²) in [6.07, 6.45) is 1.40. The van der Waals surface area contributed by atoms with Crippen molar-refractivity contribution in [1.29, 1.82) is 0 Å². The lowest BCUT2D eigenvalue weighted by molar-refractivity contribution is 0.0489. The van der Waals surface area contributed by atoms with Crippen LogP contribution in [0.25, 0.3) is 22.2 Å². The molecule has 0 spiro atoms. The van der Waals surface area contributed by atoms with Gasteiger partial charge in [0.1, 0.15) is 17.7 Å². The van der Waals surface area contributed by atoms with Crippen LogP contribution < -0.4 is 10.5 Å².